The quantitative estimate of drug-likeness (QED) is 0.0690. The van der Waals surface area contributed by atoms with Crippen molar-refractivity contribution in [1.82, 2.24) is 0 Å². The smallest absolute Gasteiger partial charge is 0.335 e. The van der Waals surface area contributed by atoms with Crippen LogP contribution in [0.4, 0.5) is 0 Å². The molecule has 0 atom stereocenters. The molecule has 0 saturated heterocycles. The van der Waals surface area contributed by atoms with E-state index in [-0.39, 0.29) is 12.0 Å². The number of hydrogen-bond donors (Lipinski definition) is 7. The number of hydrogen-bond acceptors (Lipinski definition) is 8. The maximum atomic E-state index is 10.4. The summed E-state index contributed by atoms with van der Waals surface area (Å²) in [5.41, 5.74) is 3.34. The molecule has 0 bridgehead atoms. The molecule has 0 heterocycles. The van der Waals surface area contributed by atoms with Crippen molar-refractivity contribution in [3.8, 4) is 6.07 Å². The van der Waals surface area contributed by atoms with Gasteiger partial charge in [0.1, 0.15) is 0 Å². The van der Waals surface area contributed by atoms with Gasteiger partial charge in [-0.1, -0.05) is 117 Å². The van der Waals surface area contributed by atoms with Crippen molar-refractivity contribution < 1.29 is 69.3 Å². The van der Waals surface area contributed by atoms with Crippen LogP contribution in [0, 0.1) is 17.2 Å². The minimum atomic E-state index is -0.977. The zero-order valence-corrected chi connectivity index (χ0v) is 36.1. The first-order valence-electron chi connectivity index (χ1n) is 19.8. The summed E-state index contributed by atoms with van der Waals surface area (Å²) in [5, 5.41) is 65.9. The van der Waals surface area contributed by atoms with Crippen LogP contribution in [-0.2, 0) is 30.4 Å². The molecule has 1 saturated carbocycles. The molecule has 4 aromatic carbocycles. The van der Waals surface area contributed by atoms with Crippen LogP contribution in [0.5, 0.6) is 0 Å². The van der Waals surface area contributed by atoms with Crippen molar-refractivity contribution in [3.05, 3.63) is 161 Å². The summed E-state index contributed by atoms with van der Waals surface area (Å²) in [6, 6.07) is 35.0. The van der Waals surface area contributed by atoms with E-state index in [9.17, 15) is 28.8 Å². The summed E-state index contributed by atoms with van der Waals surface area (Å²) in [6.45, 7) is 4.32. The summed E-state index contributed by atoms with van der Waals surface area (Å²) < 4.78 is 0. The lowest BCUT2D eigenvalue weighted by Crippen LogP contribution is -2.08. The largest absolute Gasteiger partial charge is 0.481 e. The predicted octanol–water partition coefficient (Wildman–Crippen LogP) is 9.69. The summed E-state index contributed by atoms with van der Waals surface area (Å²) in [4.78, 5) is 69.9. The lowest BCUT2D eigenvalue weighted by atomic mass is 9.86. The fourth-order valence-electron chi connectivity index (χ4n) is 4.97. The molecule has 1 fully saturated rings. The summed E-state index contributed by atoms with van der Waals surface area (Å²) in [6.07, 6.45) is 12.8. The van der Waals surface area contributed by atoms with Crippen LogP contribution in [0.2, 0.25) is 0 Å². The molecule has 1 aliphatic rings. The highest BCUT2D eigenvalue weighted by Gasteiger charge is 2.14. The zero-order valence-electron chi connectivity index (χ0n) is 36.1. The first-order chi connectivity index (χ1) is 30.3. The highest BCUT2D eigenvalue weighted by atomic mass is 16.4. The Labute approximate surface area is 372 Å². The molecule has 7 N–H and O–H groups in total. The van der Waals surface area contributed by atoms with Crippen LogP contribution in [0.15, 0.2) is 133 Å². The molecule has 0 amide bonds. The van der Waals surface area contributed by atoms with Gasteiger partial charge in [-0.05, 0) is 86.2 Å². The highest BCUT2D eigenvalue weighted by Crippen LogP contribution is 2.27. The number of carboxylic acids is 7. The normalized spacial score (nSPS) is 11.2. The second-order valence-corrected chi connectivity index (χ2v) is 13.4. The first kappa shape index (κ1) is 58.2. The molecule has 0 unspecified atom stereocenters. The maximum absolute atomic E-state index is 10.4. The van der Waals surface area contributed by atoms with Gasteiger partial charge in [0.15, 0.2) is 0 Å². The van der Waals surface area contributed by atoms with Gasteiger partial charge >= 0.3 is 35.8 Å². The number of aryl methyl sites for hydroxylation is 1. The molecule has 5 rings (SSSR count). The molecule has 0 spiro atoms. The third kappa shape index (κ3) is 36.0. The predicted molar refractivity (Wildman–Crippen MR) is 241 cm³/mol. The van der Waals surface area contributed by atoms with Crippen LogP contribution in [-0.4, -0.2) is 77.5 Å². The van der Waals surface area contributed by atoms with Gasteiger partial charge in [0, 0.05) is 31.4 Å². The van der Waals surface area contributed by atoms with Gasteiger partial charge in [-0.2, -0.15) is 5.26 Å². The Morgan fingerprint density at radius 1 is 0.609 bits per heavy atom. The van der Waals surface area contributed by atoms with E-state index in [0.717, 1.165) is 30.5 Å². The van der Waals surface area contributed by atoms with Crippen molar-refractivity contribution in [2.24, 2.45) is 5.92 Å². The second-order valence-electron chi connectivity index (χ2n) is 13.4. The van der Waals surface area contributed by atoms with Crippen molar-refractivity contribution in [3.63, 3.8) is 0 Å². The Balaban J connectivity index is 0. The van der Waals surface area contributed by atoms with Crippen LogP contribution in [0.1, 0.15) is 110 Å². The molecule has 1 aliphatic carbocycles. The van der Waals surface area contributed by atoms with Crippen LogP contribution in [0.3, 0.4) is 0 Å². The molecule has 4 aromatic rings. The van der Waals surface area contributed by atoms with Gasteiger partial charge in [0.05, 0.1) is 22.8 Å². The van der Waals surface area contributed by atoms with Crippen molar-refractivity contribution in [2.75, 3.05) is 0 Å². The fraction of sp³-hybridized carbons (Fsp3) is 0.265. The van der Waals surface area contributed by atoms with E-state index in [2.05, 4.69) is 0 Å². The highest BCUT2D eigenvalue weighted by molar-refractivity contribution is 5.91. The summed E-state index contributed by atoms with van der Waals surface area (Å²) >= 11 is 0. The summed E-state index contributed by atoms with van der Waals surface area (Å²) in [5.74, 6) is -5.13. The van der Waals surface area contributed by atoms with Crippen molar-refractivity contribution in [2.45, 2.75) is 78.6 Å². The Morgan fingerprint density at radius 3 is 1.41 bits per heavy atom. The minimum Gasteiger partial charge on any atom is -0.481 e. The molecule has 0 aliphatic heterocycles. The number of nitrogens with zero attached hydrogens (tertiary/aromatic N) is 1. The van der Waals surface area contributed by atoms with Crippen molar-refractivity contribution in [1.29, 1.82) is 5.26 Å². The maximum Gasteiger partial charge on any atom is 0.335 e. The summed E-state index contributed by atoms with van der Waals surface area (Å²) in [7, 11) is 0. The fourth-order valence-corrected chi connectivity index (χ4v) is 4.97. The van der Waals surface area contributed by atoms with E-state index in [4.69, 9.17) is 45.8 Å². The van der Waals surface area contributed by atoms with E-state index in [1.54, 1.807) is 50.3 Å². The van der Waals surface area contributed by atoms with Gasteiger partial charge in [-0.25, -0.2) is 19.2 Å². The number of rotatable bonds is 11. The van der Waals surface area contributed by atoms with E-state index in [1.807, 2.05) is 66.7 Å². The van der Waals surface area contributed by atoms with Crippen LogP contribution < -0.4 is 0 Å². The Bertz CT molecular complexity index is 2060. The molecule has 0 aromatic heterocycles. The molecule has 0 radical (unpaired) electrons. The number of aliphatic carboxylic acids is 5. The van der Waals surface area contributed by atoms with Gasteiger partial charge in [0.25, 0.3) is 5.97 Å². The van der Waals surface area contributed by atoms with Crippen LogP contribution >= 0.6 is 0 Å². The first-order valence-corrected chi connectivity index (χ1v) is 19.8. The number of carbonyl (C=O) groups is 7. The molecule has 342 valence electrons. The molecular weight excluding hydrogens is 827 g/mol. The lowest BCUT2D eigenvalue weighted by Gasteiger charge is -2.20. The Kier molecular flexibility index (Phi) is 33.6. The average molecular weight is 884 g/mol. The SMILES string of the molecule is C/C(=C\c1ccccc1)C(=O)O.C/C=C/C(=O)O.CC(=O)O.N#Cc1ccc(C(=O)O)cc1.O=C(O)CCC1CCCCC1.O=C(O)CCc1ccccc1.O=C(O)c1ccccc1. The molecule has 15 heteroatoms. The van der Waals surface area contributed by atoms with E-state index in [1.165, 1.54) is 62.4 Å². The number of benzene rings is 4. The second kappa shape index (κ2) is 36.9. The Hall–Kier alpha value is -7.86. The third-order valence-electron chi connectivity index (χ3n) is 8.07. The topological polar surface area (TPSA) is 285 Å². The van der Waals surface area contributed by atoms with E-state index in [0.29, 0.717) is 35.5 Å². The van der Waals surface area contributed by atoms with Gasteiger partial charge in [-0.15, -0.1) is 0 Å². The Morgan fingerprint density at radius 2 is 1.05 bits per heavy atom. The zero-order chi connectivity index (χ0) is 48.7. The van der Waals surface area contributed by atoms with Crippen molar-refractivity contribution >= 4 is 47.9 Å². The number of aromatic carboxylic acids is 2. The average Bonchev–Trinajstić information content (AvgIpc) is 3.27. The number of allylic oxidation sites excluding steroid dienone is 1. The monoisotopic (exact) mass is 883 g/mol. The van der Waals surface area contributed by atoms with E-state index >= 15 is 0 Å². The molecule has 64 heavy (non-hydrogen) atoms. The van der Waals surface area contributed by atoms with Gasteiger partial charge in [0.2, 0.25) is 0 Å². The molecule has 15 nitrogen and oxygen atoms in total. The van der Waals surface area contributed by atoms with E-state index < -0.39 is 41.8 Å². The standard InChI is InChI=1S/C10H10O2.C9H16O2.C9H10O2.C8H5NO2.C7H6O2.C4H6O2.C2H4O2/c1-8(10(11)12)7-9-5-3-2-4-6-9;2*10-9(11)7-6-8-4-2-1-3-5-8;9-5-6-1-3-7(4-2-6)8(10)11;8-7(9)6-4-2-1-3-5-6;1-2-3-4(5)6;1-2(3)4/h2-7H,1H3,(H,11,12);8H,1-7H2,(H,10,11);1-5H,6-7H2,(H,10,11);1-4H,(H,10,11);1-5H,(H,8,9);2-3H,1H3,(H,5,6);1H3,(H,3,4)/b8-7+;;;;;3-2+;. The molecular formula is C49H57NO14. The third-order valence-corrected chi connectivity index (χ3v) is 8.07. The van der Waals surface area contributed by atoms with Crippen LogP contribution in [0.25, 0.3) is 6.08 Å². The lowest BCUT2D eigenvalue weighted by molar-refractivity contribution is -0.138. The van der Waals surface area contributed by atoms with Gasteiger partial charge < -0.3 is 35.7 Å². The number of nitriles is 1. The minimum absolute atomic E-state index is 0.198. The number of carboxylic acid groups (broad SMARTS) is 7. The van der Waals surface area contributed by atoms with Gasteiger partial charge in [-0.3, -0.25) is 14.4 Å².